The Hall–Kier alpha value is -3.85. The Kier molecular flexibility index (Phi) is 11.3. The highest BCUT2D eigenvalue weighted by Crippen LogP contribution is 2.46. The van der Waals surface area contributed by atoms with Crippen molar-refractivity contribution in [2.45, 2.75) is 101 Å². The number of carbonyl (C=O) groups excluding carboxylic acids is 2. The normalized spacial score (nSPS) is 24.4. The van der Waals surface area contributed by atoms with Gasteiger partial charge in [0, 0.05) is 55.2 Å². The van der Waals surface area contributed by atoms with Gasteiger partial charge in [-0.3, -0.25) is 14.6 Å². The van der Waals surface area contributed by atoms with Gasteiger partial charge in [-0.2, -0.15) is 26.3 Å². The lowest BCUT2D eigenvalue weighted by Gasteiger charge is -2.52. The van der Waals surface area contributed by atoms with E-state index in [0.29, 0.717) is 41.9 Å². The van der Waals surface area contributed by atoms with E-state index < -0.39 is 63.6 Å². The second kappa shape index (κ2) is 15.0. The number of aliphatic hydroxyl groups is 1. The molecular formula is C36H41F6N3O5S. The van der Waals surface area contributed by atoms with Gasteiger partial charge in [-0.25, -0.2) is 0 Å². The molecule has 2 aromatic heterocycles. The quantitative estimate of drug-likeness (QED) is 0.211. The molecule has 0 bridgehead atoms. The zero-order chi connectivity index (χ0) is 37.2. The van der Waals surface area contributed by atoms with E-state index in [-0.39, 0.29) is 50.9 Å². The van der Waals surface area contributed by atoms with E-state index in [0.717, 1.165) is 29.8 Å². The smallest absolute Gasteiger partial charge is 0.425 e. The summed E-state index contributed by atoms with van der Waals surface area (Å²) < 4.78 is 95.3. The number of methoxy groups -OCH3 is 1. The summed E-state index contributed by atoms with van der Waals surface area (Å²) in [5, 5.41) is 13.1. The number of piperidine rings is 2. The summed E-state index contributed by atoms with van der Waals surface area (Å²) in [5.74, 6) is -1.42. The van der Waals surface area contributed by atoms with E-state index in [1.165, 1.54) is 12.0 Å². The van der Waals surface area contributed by atoms with Crippen LogP contribution in [0.15, 0.2) is 54.0 Å². The summed E-state index contributed by atoms with van der Waals surface area (Å²) in [7, 11) is 1.49. The first-order valence-corrected chi connectivity index (χ1v) is 17.8. The molecule has 2 fully saturated rings. The Morgan fingerprint density at radius 2 is 1.71 bits per heavy atom. The molecule has 278 valence electrons. The molecule has 2 amide bonds. The highest BCUT2D eigenvalue weighted by Gasteiger charge is 2.58. The maximum absolute atomic E-state index is 15.2. The molecule has 1 N–H and O–H groups in total. The van der Waals surface area contributed by atoms with Crippen molar-refractivity contribution in [1.82, 2.24) is 14.8 Å². The van der Waals surface area contributed by atoms with Gasteiger partial charge in [0.2, 0.25) is 5.60 Å². The molecule has 0 saturated carbocycles. The third-order valence-corrected chi connectivity index (χ3v) is 10.7. The number of amides is 2. The number of hydrogen-bond acceptors (Lipinski definition) is 7. The van der Waals surface area contributed by atoms with Crippen LogP contribution in [0.4, 0.5) is 26.3 Å². The number of aromatic nitrogens is 1. The Morgan fingerprint density at radius 1 is 0.980 bits per heavy atom. The number of carbonyl (C=O) groups is 2. The minimum Gasteiger partial charge on any atom is -0.496 e. The number of alkyl halides is 6. The third kappa shape index (κ3) is 7.69. The van der Waals surface area contributed by atoms with Gasteiger partial charge in [-0.05, 0) is 43.9 Å². The highest BCUT2D eigenvalue weighted by atomic mass is 32.1. The number of para-hydroxylation sites is 1. The Labute approximate surface area is 296 Å². The number of pyridine rings is 1. The van der Waals surface area contributed by atoms with E-state index in [1.807, 2.05) is 6.92 Å². The molecule has 4 heterocycles. The average molecular weight is 742 g/mol. The van der Waals surface area contributed by atoms with Crippen molar-refractivity contribution >= 4 is 23.2 Å². The van der Waals surface area contributed by atoms with Gasteiger partial charge < -0.3 is 24.4 Å². The maximum atomic E-state index is 15.2. The van der Waals surface area contributed by atoms with Gasteiger partial charge in [0.15, 0.2) is 0 Å². The van der Waals surface area contributed by atoms with Crippen molar-refractivity contribution in [3.8, 4) is 11.5 Å². The maximum Gasteiger partial charge on any atom is 0.425 e. The summed E-state index contributed by atoms with van der Waals surface area (Å²) in [6.45, 7) is 3.70. The lowest BCUT2D eigenvalue weighted by atomic mass is 9.76. The zero-order valence-electron chi connectivity index (χ0n) is 28.5. The summed E-state index contributed by atoms with van der Waals surface area (Å²) in [5.41, 5.74) is -4.87. The Balaban J connectivity index is 1.60. The van der Waals surface area contributed by atoms with Gasteiger partial charge in [-0.1, -0.05) is 44.9 Å². The number of halogens is 6. The van der Waals surface area contributed by atoms with Crippen LogP contribution >= 0.6 is 11.3 Å². The highest BCUT2D eigenvalue weighted by molar-refractivity contribution is 7.10. The first kappa shape index (κ1) is 38.4. The number of likely N-dealkylation sites (tertiary alicyclic amines) is 2. The fourth-order valence-corrected chi connectivity index (χ4v) is 8.22. The first-order chi connectivity index (χ1) is 24.1. The van der Waals surface area contributed by atoms with E-state index in [9.17, 15) is 36.2 Å². The topological polar surface area (TPSA) is 92.2 Å². The van der Waals surface area contributed by atoms with Gasteiger partial charge in [0.25, 0.3) is 11.8 Å². The second-order valence-corrected chi connectivity index (χ2v) is 14.0. The SMILES string of the molecule is CCCC1CC(O)(c2ccccc2OC)CCN1C(=O)[C@]1(Oc2csc(C(F)(F)F)c2)CCCN(C(=O)c2ncccc2C(F)(F)F)[C@@H]1CCC. The number of thiophene rings is 1. The predicted molar refractivity (Wildman–Crippen MR) is 177 cm³/mol. The standard InChI is InChI=1S/C36H41F6N3O5S/c1-4-10-23-21-33(48,25-12-6-7-14-27(25)49-3)16-19-44(23)32(47)34(50-24-20-29(51-22-24)36(40,41)42)15-9-18-45(28(34)11-5-2)31(46)30-26(35(37,38)39)13-8-17-43-30/h6-8,12-14,17,20,22-23,28,48H,4-5,9-11,15-16,18-19,21H2,1-3H3/t23?,28-,33?,34+/m1/s1. The van der Waals surface area contributed by atoms with Crippen molar-refractivity contribution in [2.75, 3.05) is 20.2 Å². The molecule has 1 aromatic carbocycles. The van der Waals surface area contributed by atoms with Crippen LogP contribution in [0.1, 0.15) is 91.7 Å². The largest absolute Gasteiger partial charge is 0.496 e. The van der Waals surface area contributed by atoms with E-state index in [1.54, 1.807) is 36.1 Å². The van der Waals surface area contributed by atoms with Crippen LogP contribution in [0, 0.1) is 0 Å². The molecule has 3 aromatic rings. The number of ether oxygens (including phenoxy) is 2. The van der Waals surface area contributed by atoms with Gasteiger partial charge in [0.05, 0.1) is 24.3 Å². The van der Waals surface area contributed by atoms with Gasteiger partial charge in [-0.15, -0.1) is 11.3 Å². The lowest BCUT2D eigenvalue weighted by molar-refractivity contribution is -0.168. The molecule has 0 aliphatic carbocycles. The van der Waals surface area contributed by atoms with Crippen LogP contribution in [0.2, 0.25) is 0 Å². The van der Waals surface area contributed by atoms with Gasteiger partial charge in [0.1, 0.15) is 22.1 Å². The minimum atomic E-state index is -4.90. The molecule has 2 saturated heterocycles. The number of benzene rings is 1. The van der Waals surface area contributed by atoms with Crippen LogP contribution in [-0.4, -0.2) is 69.6 Å². The van der Waals surface area contributed by atoms with Crippen molar-refractivity contribution in [1.29, 1.82) is 0 Å². The number of hydrogen-bond donors (Lipinski definition) is 1. The monoisotopic (exact) mass is 741 g/mol. The average Bonchev–Trinajstić information content (AvgIpc) is 3.57. The fourth-order valence-electron chi connectivity index (χ4n) is 7.54. The van der Waals surface area contributed by atoms with Crippen LogP contribution in [-0.2, 0) is 22.7 Å². The van der Waals surface area contributed by atoms with Gasteiger partial charge >= 0.3 is 12.4 Å². The van der Waals surface area contributed by atoms with Crippen molar-refractivity contribution in [3.05, 3.63) is 75.7 Å². The fraction of sp³-hybridized carbons (Fsp3) is 0.528. The molecule has 0 radical (unpaired) electrons. The lowest BCUT2D eigenvalue weighted by Crippen LogP contribution is -2.69. The van der Waals surface area contributed by atoms with E-state index in [4.69, 9.17) is 9.47 Å². The van der Waals surface area contributed by atoms with Crippen LogP contribution in [0.25, 0.3) is 0 Å². The Morgan fingerprint density at radius 3 is 2.35 bits per heavy atom. The van der Waals surface area contributed by atoms with Crippen molar-refractivity contribution < 1.29 is 50.5 Å². The number of rotatable bonds is 10. The summed E-state index contributed by atoms with van der Waals surface area (Å²) >= 11 is 0.388. The third-order valence-electron chi connectivity index (χ3n) is 9.79. The molecule has 2 unspecified atom stereocenters. The van der Waals surface area contributed by atoms with Crippen LogP contribution < -0.4 is 9.47 Å². The summed E-state index contributed by atoms with van der Waals surface area (Å²) in [6, 6.07) is 7.94. The minimum absolute atomic E-state index is 0.0159. The number of nitrogens with zero attached hydrogens (tertiary/aromatic N) is 3. The molecule has 4 atom stereocenters. The van der Waals surface area contributed by atoms with Crippen molar-refractivity contribution in [2.24, 2.45) is 0 Å². The zero-order valence-corrected chi connectivity index (χ0v) is 29.3. The first-order valence-electron chi connectivity index (χ1n) is 16.9. The second-order valence-electron chi connectivity index (χ2n) is 13.1. The van der Waals surface area contributed by atoms with Crippen molar-refractivity contribution in [3.63, 3.8) is 0 Å². The molecule has 0 spiro atoms. The molecule has 15 heteroatoms. The molecular weight excluding hydrogens is 700 g/mol. The summed E-state index contributed by atoms with van der Waals surface area (Å²) in [4.78, 5) is 34.9. The molecule has 51 heavy (non-hydrogen) atoms. The summed E-state index contributed by atoms with van der Waals surface area (Å²) in [6.07, 6.45) is -6.67. The van der Waals surface area contributed by atoms with Crippen LogP contribution in [0.3, 0.4) is 0 Å². The molecule has 5 rings (SSSR count). The Bertz CT molecular complexity index is 1700. The predicted octanol–water partition coefficient (Wildman–Crippen LogP) is 8.09. The van der Waals surface area contributed by atoms with E-state index >= 15 is 4.79 Å². The molecule has 2 aliphatic rings. The molecule has 8 nitrogen and oxygen atoms in total. The van der Waals surface area contributed by atoms with Crippen LogP contribution in [0.5, 0.6) is 11.5 Å². The molecule has 2 aliphatic heterocycles. The van der Waals surface area contributed by atoms with E-state index in [2.05, 4.69) is 4.98 Å².